The molecule has 3 aromatic carbocycles. The molecule has 118 valence electrons. The SMILES string of the molecule is O=C1CC(=O)N(Cc2ccccc2)c2c(ccc3ccccc23)N1. The Hall–Kier alpha value is -3.14. The lowest BCUT2D eigenvalue weighted by Crippen LogP contribution is -2.30. The van der Waals surface area contributed by atoms with Crippen LogP contribution in [0.1, 0.15) is 12.0 Å². The first-order valence-electron chi connectivity index (χ1n) is 7.88. The second-order valence-electron chi connectivity index (χ2n) is 5.87. The number of hydrogen-bond donors (Lipinski definition) is 1. The van der Waals surface area contributed by atoms with E-state index in [1.165, 1.54) is 0 Å². The van der Waals surface area contributed by atoms with Gasteiger partial charge in [-0.15, -0.1) is 0 Å². The highest BCUT2D eigenvalue weighted by Gasteiger charge is 2.27. The van der Waals surface area contributed by atoms with Crippen molar-refractivity contribution < 1.29 is 9.59 Å². The normalized spacial score (nSPS) is 14.2. The second-order valence-corrected chi connectivity index (χ2v) is 5.87. The van der Waals surface area contributed by atoms with Gasteiger partial charge in [-0.1, -0.05) is 60.7 Å². The molecule has 3 aromatic rings. The minimum absolute atomic E-state index is 0.143. The Bertz CT molecular complexity index is 935. The van der Waals surface area contributed by atoms with E-state index < -0.39 is 0 Å². The highest BCUT2D eigenvalue weighted by Crippen LogP contribution is 2.37. The van der Waals surface area contributed by atoms with Crippen LogP contribution in [-0.2, 0) is 16.1 Å². The van der Waals surface area contributed by atoms with Gasteiger partial charge in [-0.3, -0.25) is 9.59 Å². The molecule has 24 heavy (non-hydrogen) atoms. The number of carbonyl (C=O) groups is 2. The van der Waals surface area contributed by atoms with Crippen LogP contribution in [0.5, 0.6) is 0 Å². The van der Waals surface area contributed by atoms with Crippen LogP contribution in [0, 0.1) is 0 Å². The van der Waals surface area contributed by atoms with Crippen molar-refractivity contribution in [2.45, 2.75) is 13.0 Å². The average molecular weight is 316 g/mol. The first-order chi connectivity index (χ1) is 11.7. The van der Waals surface area contributed by atoms with E-state index in [1.54, 1.807) is 4.90 Å². The molecule has 0 radical (unpaired) electrons. The number of fused-ring (bicyclic) bond motifs is 3. The molecular formula is C20H16N2O2. The van der Waals surface area contributed by atoms with Crippen molar-refractivity contribution in [2.75, 3.05) is 10.2 Å². The smallest absolute Gasteiger partial charge is 0.236 e. The van der Waals surface area contributed by atoms with Gasteiger partial charge in [-0.2, -0.15) is 0 Å². The summed E-state index contributed by atoms with van der Waals surface area (Å²) in [6, 6.07) is 21.5. The molecule has 0 fully saturated rings. The largest absolute Gasteiger partial charge is 0.324 e. The number of nitrogens with one attached hydrogen (secondary N) is 1. The molecule has 2 amide bonds. The number of carbonyl (C=O) groups excluding carboxylic acids is 2. The summed E-state index contributed by atoms with van der Waals surface area (Å²) in [4.78, 5) is 26.4. The van der Waals surface area contributed by atoms with Crippen molar-refractivity contribution in [3.63, 3.8) is 0 Å². The van der Waals surface area contributed by atoms with Gasteiger partial charge in [0, 0.05) is 5.39 Å². The summed E-state index contributed by atoms with van der Waals surface area (Å²) in [7, 11) is 0. The van der Waals surface area contributed by atoms with E-state index in [0.29, 0.717) is 12.2 Å². The summed E-state index contributed by atoms with van der Waals surface area (Å²) >= 11 is 0. The molecule has 4 heteroatoms. The third-order valence-electron chi connectivity index (χ3n) is 4.24. The summed E-state index contributed by atoms with van der Waals surface area (Å²) in [5, 5.41) is 4.86. The maximum absolute atomic E-state index is 12.7. The molecule has 1 aliphatic rings. The fourth-order valence-corrected chi connectivity index (χ4v) is 3.13. The van der Waals surface area contributed by atoms with Crippen LogP contribution in [0.15, 0.2) is 66.7 Å². The van der Waals surface area contributed by atoms with Crippen LogP contribution in [0.4, 0.5) is 11.4 Å². The molecule has 0 aromatic heterocycles. The molecule has 0 atom stereocenters. The van der Waals surface area contributed by atoms with Gasteiger partial charge in [-0.25, -0.2) is 0 Å². The Labute approximate surface area is 139 Å². The van der Waals surface area contributed by atoms with Crippen LogP contribution < -0.4 is 10.2 Å². The van der Waals surface area contributed by atoms with Gasteiger partial charge >= 0.3 is 0 Å². The zero-order valence-corrected chi connectivity index (χ0v) is 13.0. The summed E-state index contributed by atoms with van der Waals surface area (Å²) in [6.45, 7) is 0.440. The molecule has 0 unspecified atom stereocenters. The van der Waals surface area contributed by atoms with Gasteiger partial charge in [-0.05, 0) is 17.0 Å². The molecule has 0 saturated carbocycles. The lowest BCUT2D eigenvalue weighted by Gasteiger charge is -2.24. The van der Waals surface area contributed by atoms with Crippen molar-refractivity contribution in [2.24, 2.45) is 0 Å². The van der Waals surface area contributed by atoms with Gasteiger partial charge in [0.2, 0.25) is 11.8 Å². The quantitative estimate of drug-likeness (QED) is 0.733. The lowest BCUT2D eigenvalue weighted by molar-refractivity contribution is -0.125. The van der Waals surface area contributed by atoms with Gasteiger partial charge in [0.05, 0.1) is 17.9 Å². The van der Waals surface area contributed by atoms with E-state index >= 15 is 0 Å². The van der Waals surface area contributed by atoms with Crippen LogP contribution in [0.25, 0.3) is 10.8 Å². The Morgan fingerprint density at radius 2 is 1.62 bits per heavy atom. The van der Waals surface area contributed by atoms with E-state index in [-0.39, 0.29) is 18.2 Å². The monoisotopic (exact) mass is 316 g/mol. The molecule has 0 saturated heterocycles. The number of hydrogen-bond acceptors (Lipinski definition) is 2. The number of benzene rings is 3. The van der Waals surface area contributed by atoms with Gasteiger partial charge in [0.25, 0.3) is 0 Å². The fourth-order valence-electron chi connectivity index (χ4n) is 3.13. The van der Waals surface area contributed by atoms with Crippen LogP contribution in [0.2, 0.25) is 0 Å². The molecule has 4 nitrogen and oxygen atoms in total. The summed E-state index contributed by atoms with van der Waals surface area (Å²) in [6.07, 6.45) is -0.143. The molecule has 1 N–H and O–H groups in total. The molecule has 1 heterocycles. The summed E-state index contributed by atoms with van der Waals surface area (Å²) in [5.74, 6) is -0.460. The van der Waals surface area contributed by atoms with Crippen LogP contribution >= 0.6 is 0 Å². The van der Waals surface area contributed by atoms with E-state index in [9.17, 15) is 9.59 Å². The third-order valence-corrected chi connectivity index (χ3v) is 4.24. The molecule has 0 aliphatic carbocycles. The number of anilines is 2. The van der Waals surface area contributed by atoms with Gasteiger partial charge in [0.15, 0.2) is 0 Å². The van der Waals surface area contributed by atoms with Crippen molar-refractivity contribution in [1.82, 2.24) is 0 Å². The molecule has 0 spiro atoms. The minimum atomic E-state index is -0.271. The van der Waals surface area contributed by atoms with Gasteiger partial charge < -0.3 is 10.2 Å². The Morgan fingerprint density at radius 3 is 2.46 bits per heavy atom. The lowest BCUT2D eigenvalue weighted by atomic mass is 10.1. The number of nitrogens with zero attached hydrogens (tertiary/aromatic N) is 1. The van der Waals surface area contributed by atoms with Crippen molar-refractivity contribution in [1.29, 1.82) is 0 Å². The van der Waals surface area contributed by atoms with Crippen molar-refractivity contribution in [3.05, 3.63) is 72.3 Å². The Balaban J connectivity index is 1.91. The summed E-state index contributed by atoms with van der Waals surface area (Å²) in [5.41, 5.74) is 2.48. The topological polar surface area (TPSA) is 49.4 Å². The number of amides is 2. The molecule has 4 rings (SSSR count). The van der Waals surface area contributed by atoms with E-state index in [0.717, 1.165) is 22.0 Å². The van der Waals surface area contributed by atoms with Crippen molar-refractivity contribution in [3.8, 4) is 0 Å². The Kier molecular flexibility index (Phi) is 3.50. The predicted molar refractivity (Wildman–Crippen MR) is 94.8 cm³/mol. The van der Waals surface area contributed by atoms with Crippen LogP contribution in [-0.4, -0.2) is 11.8 Å². The summed E-state index contributed by atoms with van der Waals surface area (Å²) < 4.78 is 0. The zero-order chi connectivity index (χ0) is 16.5. The van der Waals surface area contributed by atoms with Gasteiger partial charge in [0.1, 0.15) is 6.42 Å². The van der Waals surface area contributed by atoms with Crippen LogP contribution in [0.3, 0.4) is 0 Å². The molecule has 0 bridgehead atoms. The Morgan fingerprint density at radius 1 is 0.875 bits per heavy atom. The third kappa shape index (κ3) is 2.52. The molecule has 1 aliphatic heterocycles. The minimum Gasteiger partial charge on any atom is -0.324 e. The fraction of sp³-hybridized carbons (Fsp3) is 0.100. The zero-order valence-electron chi connectivity index (χ0n) is 13.0. The van der Waals surface area contributed by atoms with E-state index in [1.807, 2.05) is 66.7 Å². The molecular weight excluding hydrogens is 300 g/mol. The maximum atomic E-state index is 12.7. The van der Waals surface area contributed by atoms with Crippen molar-refractivity contribution >= 4 is 34.0 Å². The highest BCUT2D eigenvalue weighted by atomic mass is 16.2. The second kappa shape index (κ2) is 5.81. The number of rotatable bonds is 2. The maximum Gasteiger partial charge on any atom is 0.236 e. The first-order valence-corrected chi connectivity index (χ1v) is 7.88. The van der Waals surface area contributed by atoms with E-state index in [2.05, 4.69) is 5.32 Å². The average Bonchev–Trinajstić information content (AvgIpc) is 2.72. The predicted octanol–water partition coefficient (Wildman–Crippen LogP) is 3.72. The first kappa shape index (κ1) is 14.5. The highest BCUT2D eigenvalue weighted by molar-refractivity contribution is 6.19. The van der Waals surface area contributed by atoms with E-state index in [4.69, 9.17) is 0 Å². The standard InChI is InChI=1S/C20H16N2O2/c23-18-12-19(24)22(13-14-6-2-1-3-7-14)20-16-9-5-4-8-15(16)10-11-17(20)21-18/h1-11H,12-13H2,(H,21,23).